The van der Waals surface area contributed by atoms with Crippen molar-refractivity contribution in [1.29, 1.82) is 0 Å². The second kappa shape index (κ2) is 5.02. The van der Waals surface area contributed by atoms with Crippen molar-refractivity contribution >= 4 is 18.0 Å². The Labute approximate surface area is 81.3 Å². The van der Waals surface area contributed by atoms with Crippen LogP contribution >= 0.6 is 11.8 Å². The van der Waals surface area contributed by atoms with E-state index in [4.69, 9.17) is 0 Å². The normalized spacial score (nSPS) is 12.5. The molecule has 0 N–H and O–H groups in total. The molecule has 1 atom stereocenters. The van der Waals surface area contributed by atoms with E-state index in [0.717, 1.165) is 10.6 Å². The van der Waals surface area contributed by atoms with Gasteiger partial charge in [-0.25, -0.2) is 4.39 Å². The molecule has 0 radical (unpaired) electrons. The number of rotatable bonds is 4. The lowest BCUT2D eigenvalue weighted by atomic mass is 10.1. The van der Waals surface area contributed by atoms with Crippen LogP contribution < -0.4 is 0 Å². The third-order valence-corrected chi connectivity index (χ3v) is 2.61. The van der Waals surface area contributed by atoms with Crippen molar-refractivity contribution in [1.82, 2.24) is 0 Å². The van der Waals surface area contributed by atoms with E-state index in [9.17, 15) is 9.18 Å². The van der Waals surface area contributed by atoms with Crippen LogP contribution in [0.2, 0.25) is 0 Å². The quantitative estimate of drug-likeness (QED) is 0.546. The van der Waals surface area contributed by atoms with Crippen molar-refractivity contribution in [3.8, 4) is 0 Å². The molecule has 0 aromatic heterocycles. The molecule has 1 rings (SSSR count). The highest BCUT2D eigenvalue weighted by molar-refractivity contribution is 7.99. The summed E-state index contributed by atoms with van der Waals surface area (Å²) >= 11 is 1.55. The number of aldehydes is 1. The largest absolute Gasteiger partial charge is 0.300 e. The first-order valence-corrected chi connectivity index (χ1v) is 5.09. The SMILES string of the molecule is CCSc1ccccc1C(F)C=O. The van der Waals surface area contributed by atoms with Gasteiger partial charge < -0.3 is 0 Å². The lowest BCUT2D eigenvalue weighted by molar-refractivity contribution is -0.112. The standard InChI is InChI=1S/C10H11FOS/c1-2-13-10-6-4-3-5-8(10)9(11)7-12/h3-7,9H,2H2,1H3. The van der Waals surface area contributed by atoms with Gasteiger partial charge in [0.2, 0.25) is 0 Å². The fourth-order valence-corrected chi connectivity index (χ4v) is 1.90. The second-order valence-electron chi connectivity index (χ2n) is 2.51. The van der Waals surface area contributed by atoms with Crippen LogP contribution in [0.1, 0.15) is 18.7 Å². The fraction of sp³-hybridized carbons (Fsp3) is 0.300. The molecule has 0 aliphatic rings. The van der Waals surface area contributed by atoms with Crippen molar-refractivity contribution in [3.63, 3.8) is 0 Å². The van der Waals surface area contributed by atoms with Gasteiger partial charge in [-0.2, -0.15) is 0 Å². The van der Waals surface area contributed by atoms with E-state index in [1.807, 2.05) is 19.1 Å². The van der Waals surface area contributed by atoms with Crippen molar-refractivity contribution in [3.05, 3.63) is 29.8 Å². The molecule has 1 unspecified atom stereocenters. The number of carbonyl (C=O) groups is 1. The molecule has 0 aliphatic carbocycles. The third kappa shape index (κ3) is 2.56. The van der Waals surface area contributed by atoms with Crippen molar-refractivity contribution in [2.45, 2.75) is 18.0 Å². The lowest BCUT2D eigenvalue weighted by Gasteiger charge is -2.07. The van der Waals surface area contributed by atoms with Crippen LogP contribution in [-0.2, 0) is 4.79 Å². The Bertz CT molecular complexity index is 288. The van der Waals surface area contributed by atoms with E-state index >= 15 is 0 Å². The average molecular weight is 198 g/mol. The van der Waals surface area contributed by atoms with E-state index in [1.54, 1.807) is 23.9 Å². The first kappa shape index (κ1) is 10.3. The Hall–Kier alpha value is -0.830. The van der Waals surface area contributed by atoms with Gasteiger partial charge >= 0.3 is 0 Å². The minimum absolute atomic E-state index is 0.328. The van der Waals surface area contributed by atoms with Crippen molar-refractivity contribution < 1.29 is 9.18 Å². The van der Waals surface area contributed by atoms with Crippen LogP contribution in [0.3, 0.4) is 0 Å². The number of hydrogen-bond donors (Lipinski definition) is 0. The van der Waals surface area contributed by atoms with Crippen molar-refractivity contribution in [2.24, 2.45) is 0 Å². The average Bonchev–Trinajstić information content (AvgIpc) is 2.18. The van der Waals surface area contributed by atoms with Gasteiger partial charge in [0.1, 0.15) is 0 Å². The van der Waals surface area contributed by atoms with Crippen LogP contribution in [0, 0.1) is 0 Å². The van der Waals surface area contributed by atoms with Gasteiger partial charge in [-0.3, -0.25) is 4.79 Å². The molecule has 0 aliphatic heterocycles. The second-order valence-corrected chi connectivity index (χ2v) is 3.81. The lowest BCUT2D eigenvalue weighted by Crippen LogP contribution is -1.94. The number of halogens is 1. The monoisotopic (exact) mass is 198 g/mol. The van der Waals surface area contributed by atoms with E-state index in [-0.39, 0.29) is 0 Å². The number of benzene rings is 1. The van der Waals surface area contributed by atoms with Gasteiger partial charge in [-0.15, -0.1) is 11.8 Å². The minimum Gasteiger partial charge on any atom is -0.300 e. The fourth-order valence-electron chi connectivity index (χ4n) is 1.07. The summed E-state index contributed by atoms with van der Waals surface area (Å²) in [5.74, 6) is 0.878. The highest BCUT2D eigenvalue weighted by Crippen LogP contribution is 2.28. The van der Waals surface area contributed by atoms with Gasteiger partial charge in [0.15, 0.2) is 12.5 Å². The van der Waals surface area contributed by atoms with E-state index in [1.165, 1.54) is 0 Å². The van der Waals surface area contributed by atoms with Crippen molar-refractivity contribution in [2.75, 3.05) is 5.75 Å². The predicted molar refractivity (Wildman–Crippen MR) is 52.8 cm³/mol. The molecule has 70 valence electrons. The van der Waals surface area contributed by atoms with Gasteiger partial charge in [0.05, 0.1) is 0 Å². The minimum atomic E-state index is -1.49. The zero-order valence-electron chi connectivity index (χ0n) is 7.37. The Kier molecular flexibility index (Phi) is 3.96. The molecule has 1 aromatic rings. The summed E-state index contributed by atoms with van der Waals surface area (Å²) in [6.07, 6.45) is -1.16. The van der Waals surface area contributed by atoms with Crippen LogP contribution in [0.25, 0.3) is 0 Å². The van der Waals surface area contributed by atoms with Gasteiger partial charge in [-0.1, -0.05) is 25.1 Å². The molecule has 0 bridgehead atoms. The van der Waals surface area contributed by atoms with Crippen LogP contribution in [-0.4, -0.2) is 12.0 Å². The summed E-state index contributed by atoms with van der Waals surface area (Å²) in [4.78, 5) is 11.1. The van der Waals surface area contributed by atoms with E-state index in [0.29, 0.717) is 11.8 Å². The Morgan fingerprint density at radius 1 is 1.54 bits per heavy atom. The van der Waals surface area contributed by atoms with Crippen LogP contribution in [0.4, 0.5) is 4.39 Å². The highest BCUT2D eigenvalue weighted by atomic mass is 32.2. The molecular weight excluding hydrogens is 187 g/mol. The third-order valence-electron chi connectivity index (χ3n) is 1.64. The summed E-state index contributed by atoms with van der Waals surface area (Å²) in [7, 11) is 0. The molecule has 1 nitrogen and oxygen atoms in total. The van der Waals surface area contributed by atoms with Gasteiger partial charge in [0.25, 0.3) is 0 Å². The molecular formula is C10H11FOS. The number of alkyl halides is 1. The first-order chi connectivity index (χ1) is 6.29. The van der Waals surface area contributed by atoms with Crippen LogP contribution in [0.15, 0.2) is 29.2 Å². The van der Waals surface area contributed by atoms with E-state index in [2.05, 4.69) is 0 Å². The predicted octanol–water partition coefficient (Wildman–Crippen LogP) is 3.01. The van der Waals surface area contributed by atoms with Gasteiger partial charge in [0, 0.05) is 10.5 Å². The number of hydrogen-bond acceptors (Lipinski definition) is 2. The van der Waals surface area contributed by atoms with Gasteiger partial charge in [-0.05, 0) is 11.8 Å². The molecule has 0 heterocycles. The smallest absolute Gasteiger partial charge is 0.181 e. The summed E-state index contributed by atoms with van der Waals surface area (Å²) in [5.41, 5.74) is 0.476. The Morgan fingerprint density at radius 2 is 2.23 bits per heavy atom. The molecule has 0 saturated heterocycles. The number of thioether (sulfide) groups is 1. The Morgan fingerprint density at radius 3 is 2.85 bits per heavy atom. The summed E-state index contributed by atoms with van der Waals surface area (Å²) in [5, 5.41) is 0. The molecule has 0 saturated carbocycles. The maximum atomic E-state index is 13.1. The maximum Gasteiger partial charge on any atom is 0.181 e. The van der Waals surface area contributed by atoms with E-state index < -0.39 is 6.17 Å². The molecule has 3 heteroatoms. The zero-order valence-corrected chi connectivity index (χ0v) is 8.18. The van der Waals surface area contributed by atoms with Crippen LogP contribution in [0.5, 0.6) is 0 Å². The highest BCUT2D eigenvalue weighted by Gasteiger charge is 2.11. The summed E-state index contributed by atoms with van der Waals surface area (Å²) in [6.45, 7) is 2.00. The molecule has 1 aromatic carbocycles. The molecule has 0 fully saturated rings. The summed E-state index contributed by atoms with van der Waals surface area (Å²) < 4.78 is 13.1. The molecule has 0 amide bonds. The number of carbonyl (C=O) groups excluding carboxylic acids is 1. The zero-order chi connectivity index (χ0) is 9.68. The first-order valence-electron chi connectivity index (χ1n) is 4.10. The topological polar surface area (TPSA) is 17.1 Å². The molecule has 13 heavy (non-hydrogen) atoms. The summed E-state index contributed by atoms with van der Waals surface area (Å²) in [6, 6.07) is 7.07. The molecule has 0 spiro atoms. The Balaban J connectivity index is 2.96. The maximum absolute atomic E-state index is 13.1.